The number of nitrogens with zero attached hydrogens (tertiary/aromatic N) is 3. The number of thioether (sulfide) groups is 1. The molecule has 1 amide bonds. The monoisotopic (exact) mass is 290 g/mol. The van der Waals surface area contributed by atoms with E-state index in [4.69, 9.17) is 5.26 Å². The Morgan fingerprint density at radius 2 is 2.10 bits per heavy atom. The quantitative estimate of drug-likeness (QED) is 0.678. The summed E-state index contributed by atoms with van der Waals surface area (Å²) in [5, 5.41) is 12.8. The number of rotatable bonds is 4. The molecule has 0 saturated heterocycles. The summed E-state index contributed by atoms with van der Waals surface area (Å²) in [4.78, 5) is 20.3. The Hall–Kier alpha value is -1.61. The largest absolute Gasteiger partial charge is 0.353 e. The van der Waals surface area contributed by atoms with E-state index in [9.17, 15) is 4.79 Å². The Morgan fingerprint density at radius 3 is 2.75 bits per heavy atom. The van der Waals surface area contributed by atoms with Crippen molar-refractivity contribution in [3.63, 3.8) is 0 Å². The van der Waals surface area contributed by atoms with Crippen LogP contribution in [0.25, 0.3) is 0 Å². The second kappa shape index (κ2) is 6.71. The minimum absolute atomic E-state index is 0.0136. The zero-order chi connectivity index (χ0) is 14.5. The van der Waals surface area contributed by atoms with Crippen LogP contribution in [0, 0.1) is 25.2 Å². The molecular weight excluding hydrogens is 272 g/mol. The summed E-state index contributed by atoms with van der Waals surface area (Å²) in [6.07, 6.45) is 4.54. The zero-order valence-corrected chi connectivity index (χ0v) is 12.6. The molecule has 1 heterocycles. The van der Waals surface area contributed by atoms with Crippen LogP contribution in [0.15, 0.2) is 5.03 Å². The Morgan fingerprint density at radius 1 is 1.40 bits per heavy atom. The van der Waals surface area contributed by atoms with Crippen molar-refractivity contribution < 1.29 is 4.79 Å². The van der Waals surface area contributed by atoms with Gasteiger partial charge in [0.1, 0.15) is 22.5 Å². The lowest BCUT2D eigenvalue weighted by atomic mass is 10.2. The topological polar surface area (TPSA) is 78.7 Å². The number of nitrogens with one attached hydrogen (secondary N) is 1. The number of amides is 1. The first-order chi connectivity index (χ1) is 9.60. The molecule has 0 aromatic carbocycles. The van der Waals surface area contributed by atoms with E-state index in [-0.39, 0.29) is 5.91 Å². The highest BCUT2D eigenvalue weighted by molar-refractivity contribution is 8.00. The number of carbonyl (C=O) groups excluding carboxylic acids is 1. The molecule has 1 aromatic rings. The van der Waals surface area contributed by atoms with E-state index in [2.05, 4.69) is 21.4 Å². The molecule has 0 spiro atoms. The first-order valence-electron chi connectivity index (χ1n) is 6.77. The molecule has 0 radical (unpaired) electrons. The average molecular weight is 290 g/mol. The van der Waals surface area contributed by atoms with E-state index in [1.165, 1.54) is 24.6 Å². The molecular formula is C14H18N4OS. The molecule has 0 bridgehead atoms. The summed E-state index contributed by atoms with van der Waals surface area (Å²) in [6, 6.07) is 2.44. The highest BCUT2D eigenvalue weighted by Crippen LogP contribution is 2.22. The Balaban J connectivity index is 1.96. The fourth-order valence-electron chi connectivity index (χ4n) is 2.39. The third-order valence-electron chi connectivity index (χ3n) is 3.34. The van der Waals surface area contributed by atoms with Crippen molar-refractivity contribution in [1.29, 1.82) is 5.26 Å². The molecule has 1 N–H and O–H groups in total. The van der Waals surface area contributed by atoms with Gasteiger partial charge in [-0.05, 0) is 26.7 Å². The Labute approximate surface area is 123 Å². The summed E-state index contributed by atoms with van der Waals surface area (Å²) in [7, 11) is 0. The Bertz CT molecular complexity index is 547. The lowest BCUT2D eigenvalue weighted by Gasteiger charge is -2.12. The zero-order valence-electron chi connectivity index (χ0n) is 11.8. The molecule has 0 atom stereocenters. The van der Waals surface area contributed by atoms with Crippen molar-refractivity contribution in [3.8, 4) is 6.07 Å². The van der Waals surface area contributed by atoms with Gasteiger partial charge in [0, 0.05) is 6.04 Å². The lowest BCUT2D eigenvalue weighted by Crippen LogP contribution is -2.33. The molecule has 1 saturated carbocycles. The molecule has 6 heteroatoms. The van der Waals surface area contributed by atoms with Gasteiger partial charge in [0.2, 0.25) is 5.91 Å². The molecule has 2 rings (SSSR count). The molecule has 106 valence electrons. The molecule has 1 aliphatic rings. The van der Waals surface area contributed by atoms with Gasteiger partial charge >= 0.3 is 0 Å². The Kier molecular flexibility index (Phi) is 4.96. The lowest BCUT2D eigenvalue weighted by molar-refractivity contribution is -0.119. The third kappa shape index (κ3) is 3.70. The van der Waals surface area contributed by atoms with Crippen LogP contribution in [-0.4, -0.2) is 27.7 Å². The maximum atomic E-state index is 11.9. The van der Waals surface area contributed by atoms with E-state index < -0.39 is 0 Å². The fraction of sp³-hybridized carbons (Fsp3) is 0.571. The minimum atomic E-state index is 0.0136. The summed E-state index contributed by atoms with van der Waals surface area (Å²) >= 11 is 1.31. The van der Waals surface area contributed by atoms with Gasteiger partial charge in [-0.3, -0.25) is 4.79 Å². The van der Waals surface area contributed by atoms with Crippen LogP contribution in [0.5, 0.6) is 0 Å². The van der Waals surface area contributed by atoms with Crippen molar-refractivity contribution in [2.24, 2.45) is 0 Å². The predicted octanol–water partition coefficient (Wildman–Crippen LogP) is 2.12. The van der Waals surface area contributed by atoms with Gasteiger partial charge < -0.3 is 5.32 Å². The van der Waals surface area contributed by atoms with Crippen molar-refractivity contribution in [1.82, 2.24) is 15.3 Å². The van der Waals surface area contributed by atoms with E-state index in [0.29, 0.717) is 33.9 Å². The van der Waals surface area contributed by atoms with Crippen molar-refractivity contribution in [2.45, 2.75) is 50.6 Å². The van der Waals surface area contributed by atoms with Crippen molar-refractivity contribution in [3.05, 3.63) is 17.1 Å². The van der Waals surface area contributed by atoms with Crippen molar-refractivity contribution in [2.75, 3.05) is 5.75 Å². The maximum Gasteiger partial charge on any atom is 0.230 e. The van der Waals surface area contributed by atoms with Crippen LogP contribution in [0.2, 0.25) is 0 Å². The van der Waals surface area contributed by atoms with Crippen LogP contribution < -0.4 is 5.32 Å². The van der Waals surface area contributed by atoms with Crippen LogP contribution >= 0.6 is 11.8 Å². The van der Waals surface area contributed by atoms with Crippen LogP contribution in [0.4, 0.5) is 0 Å². The molecule has 0 unspecified atom stereocenters. The summed E-state index contributed by atoms with van der Waals surface area (Å²) in [5.74, 6) is 0.932. The highest BCUT2D eigenvalue weighted by atomic mass is 32.2. The van der Waals surface area contributed by atoms with Gasteiger partial charge in [-0.25, -0.2) is 9.97 Å². The number of aryl methyl sites for hydroxylation is 2. The van der Waals surface area contributed by atoms with Gasteiger partial charge in [0.15, 0.2) is 0 Å². The van der Waals surface area contributed by atoms with E-state index in [1.807, 2.05) is 0 Å². The maximum absolute atomic E-state index is 11.9. The van der Waals surface area contributed by atoms with E-state index in [0.717, 1.165) is 12.8 Å². The normalized spacial score (nSPS) is 15.1. The summed E-state index contributed by atoms with van der Waals surface area (Å²) in [6.45, 7) is 3.58. The van der Waals surface area contributed by atoms with Crippen LogP contribution in [0.1, 0.15) is 42.8 Å². The van der Waals surface area contributed by atoms with Gasteiger partial charge in [-0.15, -0.1) is 0 Å². The molecule has 20 heavy (non-hydrogen) atoms. The van der Waals surface area contributed by atoms with E-state index in [1.54, 1.807) is 13.8 Å². The first-order valence-corrected chi connectivity index (χ1v) is 7.76. The summed E-state index contributed by atoms with van der Waals surface area (Å²) in [5.41, 5.74) is 1.13. The van der Waals surface area contributed by atoms with E-state index >= 15 is 0 Å². The van der Waals surface area contributed by atoms with Gasteiger partial charge in [-0.1, -0.05) is 24.6 Å². The first kappa shape index (κ1) is 14.8. The molecule has 1 aliphatic carbocycles. The van der Waals surface area contributed by atoms with Gasteiger partial charge in [0.05, 0.1) is 11.4 Å². The second-order valence-corrected chi connectivity index (χ2v) is 5.95. The van der Waals surface area contributed by atoms with Crippen LogP contribution in [-0.2, 0) is 4.79 Å². The standard InChI is InChI=1S/C14H18N4OS/c1-9-12(7-15)14(17-10(2)16-9)20-8-13(19)18-11-5-3-4-6-11/h11H,3-6,8H2,1-2H3,(H,18,19). The number of hydrogen-bond acceptors (Lipinski definition) is 5. The number of hydrogen-bond donors (Lipinski definition) is 1. The number of carbonyl (C=O) groups is 1. The SMILES string of the molecule is Cc1nc(C)c(C#N)c(SCC(=O)NC2CCCC2)n1. The van der Waals surface area contributed by atoms with Gasteiger partial charge in [0.25, 0.3) is 0 Å². The molecule has 1 fully saturated rings. The van der Waals surface area contributed by atoms with Gasteiger partial charge in [-0.2, -0.15) is 5.26 Å². The minimum Gasteiger partial charge on any atom is -0.353 e. The fourth-order valence-corrected chi connectivity index (χ4v) is 3.27. The van der Waals surface area contributed by atoms with Crippen LogP contribution in [0.3, 0.4) is 0 Å². The predicted molar refractivity (Wildman–Crippen MR) is 77.3 cm³/mol. The third-order valence-corrected chi connectivity index (χ3v) is 4.32. The van der Waals surface area contributed by atoms with Crippen molar-refractivity contribution >= 4 is 17.7 Å². The number of nitriles is 1. The number of aromatic nitrogens is 2. The smallest absolute Gasteiger partial charge is 0.230 e. The summed E-state index contributed by atoms with van der Waals surface area (Å²) < 4.78 is 0. The second-order valence-electron chi connectivity index (χ2n) is 4.99. The highest BCUT2D eigenvalue weighted by Gasteiger charge is 2.18. The molecule has 1 aromatic heterocycles. The molecule has 0 aliphatic heterocycles. The molecule has 5 nitrogen and oxygen atoms in total. The average Bonchev–Trinajstić information content (AvgIpc) is 2.88.